The smallest absolute Gasteiger partial charge is 0.339 e. The number of methoxy groups -OCH3 is 1. The van der Waals surface area contributed by atoms with Gasteiger partial charge in [0.05, 0.1) is 29.1 Å². The fourth-order valence-corrected chi connectivity index (χ4v) is 4.30. The molecule has 1 aliphatic rings. The fraction of sp³-hybridized carbons (Fsp3) is 0.0870. The minimum Gasteiger partial charge on any atom is -0.465 e. The summed E-state index contributed by atoms with van der Waals surface area (Å²) in [4.78, 5) is 38.4. The predicted molar refractivity (Wildman–Crippen MR) is 123 cm³/mol. The van der Waals surface area contributed by atoms with Gasteiger partial charge in [0.2, 0.25) is 0 Å². The molecule has 0 aliphatic carbocycles. The topological polar surface area (TPSA) is 76.8 Å². The van der Waals surface area contributed by atoms with Crippen molar-refractivity contribution in [1.29, 1.82) is 0 Å². The lowest BCUT2D eigenvalue weighted by molar-refractivity contribution is -0.123. The minimum absolute atomic E-state index is 0.0894. The molecule has 2 heterocycles. The maximum absolute atomic E-state index is 12.8. The van der Waals surface area contributed by atoms with Gasteiger partial charge in [-0.1, -0.05) is 41.4 Å². The standard InChI is InChI=1S/C23H15Cl2NO5S/c1-30-22(28)16-10-13(6-8-18(16)25)19-9-7-15(31-19)11-20-21(27)26(23(29)32-20)12-14-4-2-3-5-17(14)24/h2-11H,12H2,1H3/b20-11+. The number of esters is 1. The van der Waals surface area contributed by atoms with Crippen LogP contribution in [0.4, 0.5) is 4.79 Å². The molecule has 1 fully saturated rings. The Bertz CT molecular complexity index is 1270. The van der Waals surface area contributed by atoms with Gasteiger partial charge in [-0.2, -0.15) is 0 Å². The Morgan fingerprint density at radius 3 is 2.62 bits per heavy atom. The molecule has 0 unspecified atom stereocenters. The van der Waals surface area contributed by atoms with Gasteiger partial charge in [-0.05, 0) is 53.7 Å². The monoisotopic (exact) mass is 487 g/mol. The first-order chi connectivity index (χ1) is 15.4. The second-order valence-electron chi connectivity index (χ2n) is 6.75. The molecule has 162 valence electrons. The largest absolute Gasteiger partial charge is 0.465 e. The third-order valence-corrected chi connectivity index (χ3v) is 6.32. The molecule has 0 N–H and O–H groups in total. The molecule has 0 bridgehead atoms. The molecule has 0 atom stereocenters. The van der Waals surface area contributed by atoms with Gasteiger partial charge >= 0.3 is 5.97 Å². The van der Waals surface area contributed by atoms with Crippen LogP contribution in [0, 0.1) is 0 Å². The summed E-state index contributed by atoms with van der Waals surface area (Å²) >= 11 is 13.0. The number of ether oxygens (including phenoxy) is 1. The van der Waals surface area contributed by atoms with E-state index in [2.05, 4.69) is 0 Å². The van der Waals surface area contributed by atoms with Crippen molar-refractivity contribution in [2.75, 3.05) is 7.11 Å². The number of furan rings is 1. The van der Waals surface area contributed by atoms with Gasteiger partial charge in [0.1, 0.15) is 11.5 Å². The molecule has 6 nitrogen and oxygen atoms in total. The van der Waals surface area contributed by atoms with Crippen molar-refractivity contribution >= 4 is 58.2 Å². The number of imide groups is 1. The summed E-state index contributed by atoms with van der Waals surface area (Å²) in [6.45, 7) is 0.0894. The molecule has 1 aromatic heterocycles. The lowest BCUT2D eigenvalue weighted by Crippen LogP contribution is -2.27. The van der Waals surface area contributed by atoms with Gasteiger partial charge < -0.3 is 9.15 Å². The molecule has 0 radical (unpaired) electrons. The lowest BCUT2D eigenvalue weighted by Gasteiger charge is -2.13. The molecule has 0 saturated carbocycles. The number of amides is 2. The Morgan fingerprint density at radius 2 is 1.88 bits per heavy atom. The third kappa shape index (κ3) is 4.46. The number of hydrogen-bond acceptors (Lipinski definition) is 6. The molecule has 2 aromatic carbocycles. The molecular weight excluding hydrogens is 473 g/mol. The molecule has 3 aromatic rings. The Balaban J connectivity index is 1.56. The van der Waals surface area contributed by atoms with Crippen LogP contribution in [-0.2, 0) is 16.1 Å². The van der Waals surface area contributed by atoms with Gasteiger partial charge in [-0.3, -0.25) is 14.5 Å². The van der Waals surface area contributed by atoms with Gasteiger partial charge in [-0.25, -0.2) is 4.79 Å². The van der Waals surface area contributed by atoms with Crippen molar-refractivity contribution in [3.8, 4) is 11.3 Å². The molecular formula is C23H15Cl2NO5S. The van der Waals surface area contributed by atoms with Crippen molar-refractivity contribution < 1.29 is 23.5 Å². The number of hydrogen-bond donors (Lipinski definition) is 0. The van der Waals surface area contributed by atoms with Crippen molar-refractivity contribution in [2.24, 2.45) is 0 Å². The fourth-order valence-electron chi connectivity index (χ4n) is 3.09. The van der Waals surface area contributed by atoms with Crippen molar-refractivity contribution in [1.82, 2.24) is 4.90 Å². The maximum atomic E-state index is 12.8. The van der Waals surface area contributed by atoms with Crippen LogP contribution in [0.3, 0.4) is 0 Å². The Morgan fingerprint density at radius 1 is 1.09 bits per heavy atom. The Labute approximate surface area is 197 Å². The van der Waals surface area contributed by atoms with E-state index in [1.807, 2.05) is 0 Å². The first kappa shape index (κ1) is 22.2. The highest BCUT2D eigenvalue weighted by Gasteiger charge is 2.35. The van der Waals surface area contributed by atoms with Crippen LogP contribution in [-0.4, -0.2) is 29.1 Å². The first-order valence-corrected chi connectivity index (χ1v) is 10.9. The van der Waals surface area contributed by atoms with Crippen LogP contribution in [0.15, 0.2) is 63.9 Å². The highest BCUT2D eigenvalue weighted by atomic mass is 35.5. The Hall–Kier alpha value is -3.00. The molecule has 1 saturated heterocycles. The van der Waals surface area contributed by atoms with E-state index in [0.717, 1.165) is 16.7 Å². The van der Waals surface area contributed by atoms with Crippen LogP contribution >= 0.6 is 35.0 Å². The number of carbonyl (C=O) groups is 3. The molecule has 32 heavy (non-hydrogen) atoms. The van der Waals surface area contributed by atoms with Crippen LogP contribution in [0.25, 0.3) is 17.4 Å². The minimum atomic E-state index is -0.559. The van der Waals surface area contributed by atoms with E-state index >= 15 is 0 Å². The zero-order valence-electron chi connectivity index (χ0n) is 16.6. The van der Waals surface area contributed by atoms with E-state index in [9.17, 15) is 14.4 Å². The van der Waals surface area contributed by atoms with E-state index in [1.165, 1.54) is 13.2 Å². The summed E-state index contributed by atoms with van der Waals surface area (Å²) in [5.74, 6) is -0.126. The van der Waals surface area contributed by atoms with Gasteiger partial charge in [0.25, 0.3) is 11.1 Å². The Kier molecular flexibility index (Phi) is 6.41. The average molecular weight is 488 g/mol. The first-order valence-electron chi connectivity index (χ1n) is 9.34. The van der Waals surface area contributed by atoms with E-state index < -0.39 is 11.9 Å². The van der Waals surface area contributed by atoms with Crippen LogP contribution < -0.4 is 0 Å². The summed E-state index contributed by atoms with van der Waals surface area (Å²) in [5, 5.41) is 0.369. The van der Waals surface area contributed by atoms with E-state index in [0.29, 0.717) is 27.7 Å². The van der Waals surface area contributed by atoms with Crippen molar-refractivity contribution in [2.45, 2.75) is 6.54 Å². The zero-order valence-corrected chi connectivity index (χ0v) is 19.0. The van der Waals surface area contributed by atoms with Gasteiger partial charge in [0, 0.05) is 16.7 Å². The summed E-state index contributed by atoms with van der Waals surface area (Å²) < 4.78 is 10.5. The SMILES string of the molecule is COC(=O)c1cc(-c2ccc(/C=C3/SC(=O)N(Cc4ccccc4Cl)C3=O)o2)ccc1Cl. The highest BCUT2D eigenvalue weighted by molar-refractivity contribution is 8.18. The van der Waals surface area contributed by atoms with E-state index in [1.54, 1.807) is 54.6 Å². The molecule has 4 rings (SSSR count). The summed E-state index contributed by atoms with van der Waals surface area (Å²) in [6.07, 6.45) is 1.51. The number of thioether (sulfide) groups is 1. The highest BCUT2D eigenvalue weighted by Crippen LogP contribution is 2.35. The normalized spacial score (nSPS) is 15.0. The maximum Gasteiger partial charge on any atom is 0.339 e. The molecule has 9 heteroatoms. The summed E-state index contributed by atoms with van der Waals surface area (Å²) in [6, 6.07) is 15.3. The van der Waals surface area contributed by atoms with Crippen molar-refractivity contribution in [3.63, 3.8) is 0 Å². The zero-order chi connectivity index (χ0) is 22.8. The number of nitrogens with zero attached hydrogens (tertiary/aromatic N) is 1. The number of benzene rings is 2. The van der Waals surface area contributed by atoms with Gasteiger partial charge in [-0.15, -0.1) is 0 Å². The molecule has 1 aliphatic heterocycles. The molecule has 2 amide bonds. The lowest BCUT2D eigenvalue weighted by atomic mass is 10.1. The number of carbonyl (C=O) groups excluding carboxylic acids is 3. The van der Waals surface area contributed by atoms with Crippen molar-refractivity contribution in [3.05, 3.63) is 86.4 Å². The average Bonchev–Trinajstić information content (AvgIpc) is 3.35. The van der Waals surface area contributed by atoms with E-state index in [4.69, 9.17) is 32.4 Å². The number of rotatable bonds is 5. The van der Waals surface area contributed by atoms with E-state index in [-0.39, 0.29) is 27.3 Å². The summed E-state index contributed by atoms with van der Waals surface area (Å²) in [5.41, 5.74) is 1.51. The van der Waals surface area contributed by atoms with Crippen LogP contribution in [0.2, 0.25) is 10.0 Å². The van der Waals surface area contributed by atoms with Gasteiger partial charge in [0.15, 0.2) is 0 Å². The predicted octanol–water partition coefficient (Wildman–Crippen LogP) is 6.28. The van der Waals surface area contributed by atoms with Crippen LogP contribution in [0.1, 0.15) is 21.7 Å². The van der Waals surface area contributed by atoms with Crippen LogP contribution in [0.5, 0.6) is 0 Å². The second-order valence-corrected chi connectivity index (χ2v) is 8.56. The second kappa shape index (κ2) is 9.24. The third-order valence-electron chi connectivity index (χ3n) is 4.72. The summed E-state index contributed by atoms with van der Waals surface area (Å²) in [7, 11) is 1.27. The molecule has 0 spiro atoms. The quantitative estimate of drug-likeness (QED) is 0.311. The number of halogens is 2.